The Kier molecular flexibility index (Phi) is 9.74. The molecule has 1 aromatic carbocycles. The van der Waals surface area contributed by atoms with Gasteiger partial charge in [-0.2, -0.15) is 0 Å². The van der Waals surface area contributed by atoms with Crippen molar-refractivity contribution in [1.29, 1.82) is 0 Å². The average Bonchev–Trinajstić information content (AvgIpc) is 2.42. The summed E-state index contributed by atoms with van der Waals surface area (Å²) in [6, 6.07) is 7.14. The van der Waals surface area contributed by atoms with Crippen molar-refractivity contribution in [3.63, 3.8) is 0 Å². The highest BCUT2D eigenvalue weighted by molar-refractivity contribution is 5.92. The van der Waals surface area contributed by atoms with Crippen molar-refractivity contribution in [2.75, 3.05) is 13.2 Å². The molecule has 0 saturated carbocycles. The van der Waals surface area contributed by atoms with Crippen LogP contribution in [0.5, 0.6) is 5.75 Å². The molecule has 0 atom stereocenters. The molecular weight excluding hydrogens is 228 g/mol. The minimum atomic E-state index is -0.308. The summed E-state index contributed by atoms with van der Waals surface area (Å²) in [5.74, 6) is 0.281. The van der Waals surface area contributed by atoms with Gasteiger partial charge in [-0.25, -0.2) is 4.79 Å². The predicted molar refractivity (Wildman–Crippen MR) is 74.1 cm³/mol. The van der Waals surface area contributed by atoms with Crippen LogP contribution in [0.25, 0.3) is 0 Å². The van der Waals surface area contributed by atoms with E-state index in [0.29, 0.717) is 24.5 Å². The van der Waals surface area contributed by atoms with E-state index in [1.165, 1.54) is 0 Å². The molecule has 0 bridgehead atoms. The van der Waals surface area contributed by atoms with E-state index >= 15 is 0 Å². The van der Waals surface area contributed by atoms with Crippen LogP contribution in [0.1, 0.15) is 50.9 Å². The highest BCUT2D eigenvalue weighted by Gasteiger charge is 2.12. The monoisotopic (exact) mass is 252 g/mol. The minimum absolute atomic E-state index is 0.308. The van der Waals surface area contributed by atoms with Gasteiger partial charge in [0, 0.05) is 0 Å². The molecule has 0 aliphatic heterocycles. The van der Waals surface area contributed by atoms with Crippen LogP contribution in [0.3, 0.4) is 0 Å². The maximum Gasteiger partial charge on any atom is 0.341 e. The van der Waals surface area contributed by atoms with Crippen LogP contribution in [-0.4, -0.2) is 19.2 Å². The second kappa shape index (κ2) is 10.6. The first kappa shape index (κ1) is 16.5. The molecule has 102 valence electrons. The highest BCUT2D eigenvalue weighted by atomic mass is 16.5. The fourth-order valence-electron chi connectivity index (χ4n) is 1.30. The fraction of sp³-hybridized carbons (Fsp3) is 0.533. The first-order chi connectivity index (χ1) is 8.79. The summed E-state index contributed by atoms with van der Waals surface area (Å²) < 4.78 is 10.5. The lowest BCUT2D eigenvalue weighted by Gasteiger charge is -2.09. The summed E-state index contributed by atoms with van der Waals surface area (Å²) >= 11 is 0. The zero-order valence-electron chi connectivity index (χ0n) is 11.9. The number of hydrogen-bond donors (Lipinski definition) is 0. The van der Waals surface area contributed by atoms with E-state index in [2.05, 4.69) is 6.92 Å². The first-order valence-corrected chi connectivity index (χ1v) is 6.68. The average molecular weight is 252 g/mol. The molecular formula is C15H24O3. The Morgan fingerprint density at radius 3 is 2.44 bits per heavy atom. The number of unbranched alkanes of at least 4 members (excludes halogenated alkanes) is 1. The van der Waals surface area contributed by atoms with Crippen molar-refractivity contribution in [2.24, 2.45) is 0 Å². The molecule has 0 fully saturated rings. The summed E-state index contributed by atoms with van der Waals surface area (Å²) in [4.78, 5) is 11.7. The third-order valence-corrected chi connectivity index (χ3v) is 2.14. The summed E-state index contributed by atoms with van der Waals surface area (Å²) in [6.07, 6.45) is 1.91. The van der Waals surface area contributed by atoms with Crippen molar-refractivity contribution in [3.05, 3.63) is 29.8 Å². The van der Waals surface area contributed by atoms with Crippen LogP contribution < -0.4 is 4.74 Å². The highest BCUT2D eigenvalue weighted by Crippen LogP contribution is 2.18. The van der Waals surface area contributed by atoms with Crippen LogP contribution in [-0.2, 0) is 4.74 Å². The van der Waals surface area contributed by atoms with Crippen molar-refractivity contribution in [1.82, 2.24) is 0 Å². The smallest absolute Gasteiger partial charge is 0.341 e. The van der Waals surface area contributed by atoms with Crippen LogP contribution in [0.4, 0.5) is 0 Å². The van der Waals surface area contributed by atoms with Gasteiger partial charge in [0.1, 0.15) is 11.3 Å². The Hall–Kier alpha value is -1.51. The summed E-state index contributed by atoms with van der Waals surface area (Å²) in [5.41, 5.74) is 0.500. The molecule has 0 amide bonds. The van der Waals surface area contributed by atoms with Crippen molar-refractivity contribution >= 4 is 5.97 Å². The standard InChI is InChI=1S/C13H18O3.C2H6/c1-3-5-10-16-13(14)11-8-6-7-9-12(11)15-4-2;1-2/h6-9H,3-5,10H2,1-2H3;1-2H3. The van der Waals surface area contributed by atoms with Gasteiger partial charge in [0.15, 0.2) is 0 Å². The zero-order valence-corrected chi connectivity index (χ0v) is 11.9. The molecule has 0 radical (unpaired) electrons. The molecule has 3 heteroatoms. The Morgan fingerprint density at radius 2 is 1.83 bits per heavy atom. The maximum atomic E-state index is 11.7. The quantitative estimate of drug-likeness (QED) is 0.565. The van der Waals surface area contributed by atoms with Crippen LogP contribution in [0, 0.1) is 0 Å². The Labute approximate surface area is 110 Å². The van der Waals surface area contributed by atoms with E-state index in [9.17, 15) is 4.79 Å². The third-order valence-electron chi connectivity index (χ3n) is 2.14. The van der Waals surface area contributed by atoms with E-state index in [4.69, 9.17) is 9.47 Å². The summed E-state index contributed by atoms with van der Waals surface area (Å²) in [7, 11) is 0. The van der Waals surface area contributed by atoms with Gasteiger partial charge in [-0.05, 0) is 25.5 Å². The number of esters is 1. The number of benzene rings is 1. The number of hydrogen-bond acceptors (Lipinski definition) is 3. The number of carbonyl (C=O) groups is 1. The lowest BCUT2D eigenvalue weighted by Crippen LogP contribution is -2.08. The molecule has 18 heavy (non-hydrogen) atoms. The van der Waals surface area contributed by atoms with E-state index in [0.717, 1.165) is 12.8 Å². The molecule has 0 heterocycles. The SMILES string of the molecule is CC.CCCCOC(=O)c1ccccc1OCC. The molecule has 0 N–H and O–H groups in total. The molecule has 1 rings (SSSR count). The lowest BCUT2D eigenvalue weighted by atomic mass is 10.2. The van der Waals surface area contributed by atoms with E-state index < -0.39 is 0 Å². The van der Waals surface area contributed by atoms with Crippen LogP contribution in [0.15, 0.2) is 24.3 Å². The number of para-hydroxylation sites is 1. The Morgan fingerprint density at radius 1 is 1.17 bits per heavy atom. The molecule has 0 saturated heterocycles. The number of ether oxygens (including phenoxy) is 2. The molecule has 0 unspecified atom stereocenters. The van der Waals surface area contributed by atoms with Gasteiger partial charge >= 0.3 is 5.97 Å². The zero-order chi connectivity index (χ0) is 13.8. The second-order valence-electron chi connectivity index (χ2n) is 3.42. The molecule has 3 nitrogen and oxygen atoms in total. The van der Waals surface area contributed by atoms with E-state index in [1.54, 1.807) is 18.2 Å². The maximum absolute atomic E-state index is 11.7. The number of carbonyl (C=O) groups excluding carboxylic acids is 1. The molecule has 1 aromatic rings. The topological polar surface area (TPSA) is 35.5 Å². The summed E-state index contributed by atoms with van der Waals surface area (Å²) in [6.45, 7) is 8.95. The van der Waals surface area contributed by atoms with Gasteiger partial charge in [-0.1, -0.05) is 39.3 Å². The Bertz CT molecular complexity index is 334. The van der Waals surface area contributed by atoms with Crippen LogP contribution in [0.2, 0.25) is 0 Å². The predicted octanol–water partition coefficient (Wildman–Crippen LogP) is 4.07. The van der Waals surface area contributed by atoms with Crippen molar-refractivity contribution in [2.45, 2.75) is 40.5 Å². The molecule has 0 spiro atoms. The van der Waals surface area contributed by atoms with Crippen molar-refractivity contribution < 1.29 is 14.3 Å². The molecule has 0 aromatic heterocycles. The van der Waals surface area contributed by atoms with Crippen molar-refractivity contribution in [3.8, 4) is 5.75 Å². The third kappa shape index (κ3) is 5.71. The van der Waals surface area contributed by atoms with Gasteiger partial charge in [-0.3, -0.25) is 0 Å². The van der Waals surface area contributed by atoms with Gasteiger partial charge in [0.25, 0.3) is 0 Å². The van der Waals surface area contributed by atoms with Crippen LogP contribution >= 0.6 is 0 Å². The second-order valence-corrected chi connectivity index (χ2v) is 3.42. The molecule has 0 aliphatic carbocycles. The first-order valence-electron chi connectivity index (χ1n) is 6.68. The number of rotatable bonds is 6. The van der Waals surface area contributed by atoms with E-state index in [-0.39, 0.29) is 5.97 Å². The lowest BCUT2D eigenvalue weighted by molar-refractivity contribution is 0.0495. The van der Waals surface area contributed by atoms with Gasteiger partial charge in [-0.15, -0.1) is 0 Å². The molecule has 0 aliphatic rings. The minimum Gasteiger partial charge on any atom is -0.493 e. The van der Waals surface area contributed by atoms with Gasteiger partial charge in [0.05, 0.1) is 13.2 Å². The normalized spacial score (nSPS) is 9.11. The fourth-order valence-corrected chi connectivity index (χ4v) is 1.30. The van der Waals surface area contributed by atoms with Gasteiger partial charge < -0.3 is 9.47 Å². The van der Waals surface area contributed by atoms with E-state index in [1.807, 2.05) is 26.8 Å². The Balaban J connectivity index is 0.00000137. The largest absolute Gasteiger partial charge is 0.493 e. The summed E-state index contributed by atoms with van der Waals surface area (Å²) in [5, 5.41) is 0. The van der Waals surface area contributed by atoms with Gasteiger partial charge in [0.2, 0.25) is 0 Å².